The van der Waals surface area contributed by atoms with Gasteiger partial charge in [-0.1, -0.05) is 13.8 Å². The van der Waals surface area contributed by atoms with Gasteiger partial charge in [0.25, 0.3) is 0 Å². The first-order chi connectivity index (χ1) is 6.00. The average molecular weight is 203 g/mol. The summed E-state index contributed by atoms with van der Waals surface area (Å²) in [6.07, 6.45) is 0. The van der Waals surface area contributed by atoms with Crippen LogP contribution in [0.3, 0.4) is 0 Å². The molecule has 0 radical (unpaired) electrons. The topological polar surface area (TPSA) is 26.0 Å². The van der Waals surface area contributed by atoms with Crippen LogP contribution in [-0.2, 0) is 0 Å². The van der Waals surface area contributed by atoms with E-state index in [-0.39, 0.29) is 10.9 Å². The minimum absolute atomic E-state index is 0.0279. The maximum Gasteiger partial charge on any atom is 0.150 e. The van der Waals surface area contributed by atoms with Gasteiger partial charge in [-0.25, -0.2) is 8.78 Å². The minimum atomic E-state index is -0.692. The Morgan fingerprint density at radius 1 is 1.31 bits per heavy atom. The van der Waals surface area contributed by atoms with E-state index >= 15 is 0 Å². The summed E-state index contributed by atoms with van der Waals surface area (Å²) in [4.78, 5) is 0.465. The molecule has 0 saturated heterocycles. The van der Waals surface area contributed by atoms with Crippen LogP contribution in [0.1, 0.15) is 13.8 Å². The maximum absolute atomic E-state index is 12.9. The zero-order valence-corrected chi connectivity index (χ0v) is 8.29. The Kier molecular flexibility index (Phi) is 3.14. The van der Waals surface area contributed by atoms with Crippen molar-refractivity contribution in [3.8, 4) is 0 Å². The van der Waals surface area contributed by atoms with Gasteiger partial charge in [-0.05, 0) is 6.07 Å². The first-order valence-corrected chi connectivity index (χ1v) is 4.80. The predicted molar refractivity (Wildman–Crippen MR) is 51.8 cm³/mol. The lowest BCUT2D eigenvalue weighted by Gasteiger charge is -2.08. The molecule has 72 valence electrons. The summed E-state index contributed by atoms with van der Waals surface area (Å²) in [6, 6.07) is 2.04. The van der Waals surface area contributed by atoms with Gasteiger partial charge in [-0.2, -0.15) is 0 Å². The van der Waals surface area contributed by atoms with Gasteiger partial charge in [0.1, 0.15) is 11.6 Å². The standard InChI is InChI=1S/C9H11F2NS/c1-5(2)13-8-4-6(10)3-7(11)9(8)12/h3-5H,12H2,1-2H3. The van der Waals surface area contributed by atoms with Gasteiger partial charge >= 0.3 is 0 Å². The van der Waals surface area contributed by atoms with E-state index in [0.29, 0.717) is 4.90 Å². The summed E-state index contributed by atoms with van der Waals surface area (Å²) in [7, 11) is 0. The largest absolute Gasteiger partial charge is 0.395 e. The van der Waals surface area contributed by atoms with Gasteiger partial charge in [0.2, 0.25) is 0 Å². The number of halogens is 2. The van der Waals surface area contributed by atoms with Crippen LogP contribution in [0.4, 0.5) is 14.5 Å². The summed E-state index contributed by atoms with van der Waals surface area (Å²) in [5.41, 5.74) is 5.47. The van der Waals surface area contributed by atoms with Crippen LogP contribution in [0, 0.1) is 11.6 Å². The molecular weight excluding hydrogens is 192 g/mol. The number of thioether (sulfide) groups is 1. The fourth-order valence-electron chi connectivity index (χ4n) is 0.913. The van der Waals surface area contributed by atoms with Crippen molar-refractivity contribution >= 4 is 17.4 Å². The quantitative estimate of drug-likeness (QED) is 0.590. The fraction of sp³-hybridized carbons (Fsp3) is 0.333. The number of hydrogen-bond donors (Lipinski definition) is 1. The predicted octanol–water partition coefficient (Wildman–Crippen LogP) is 3.05. The van der Waals surface area contributed by atoms with Gasteiger partial charge < -0.3 is 5.73 Å². The monoisotopic (exact) mass is 203 g/mol. The van der Waals surface area contributed by atoms with E-state index in [1.807, 2.05) is 13.8 Å². The molecule has 1 rings (SSSR count). The molecule has 0 atom stereocenters. The van der Waals surface area contributed by atoms with Gasteiger partial charge in [0.05, 0.1) is 5.69 Å². The lowest BCUT2D eigenvalue weighted by molar-refractivity contribution is 0.581. The van der Waals surface area contributed by atoms with Crippen molar-refractivity contribution in [2.24, 2.45) is 0 Å². The zero-order chi connectivity index (χ0) is 10.0. The molecule has 0 aliphatic carbocycles. The van der Waals surface area contributed by atoms with E-state index < -0.39 is 11.6 Å². The highest BCUT2D eigenvalue weighted by molar-refractivity contribution is 8.00. The van der Waals surface area contributed by atoms with Gasteiger partial charge in [0.15, 0.2) is 0 Å². The third kappa shape index (κ3) is 2.59. The third-order valence-corrected chi connectivity index (χ3v) is 2.48. The van der Waals surface area contributed by atoms with Crippen LogP contribution in [0.25, 0.3) is 0 Å². The molecule has 4 heteroatoms. The molecule has 0 amide bonds. The van der Waals surface area contributed by atoms with E-state index in [1.54, 1.807) is 0 Å². The summed E-state index contributed by atoms with van der Waals surface area (Å²) < 4.78 is 25.7. The lowest BCUT2D eigenvalue weighted by Crippen LogP contribution is -1.97. The second kappa shape index (κ2) is 3.96. The van der Waals surface area contributed by atoms with Crippen molar-refractivity contribution in [1.82, 2.24) is 0 Å². The van der Waals surface area contributed by atoms with Crippen molar-refractivity contribution in [3.63, 3.8) is 0 Å². The second-order valence-corrected chi connectivity index (χ2v) is 4.58. The third-order valence-electron chi connectivity index (χ3n) is 1.42. The molecule has 1 aromatic carbocycles. The lowest BCUT2D eigenvalue weighted by atomic mass is 10.3. The number of nitrogens with two attached hydrogens (primary N) is 1. The second-order valence-electron chi connectivity index (χ2n) is 2.97. The van der Waals surface area contributed by atoms with E-state index in [4.69, 9.17) is 5.73 Å². The summed E-state index contributed by atoms with van der Waals surface area (Å²) in [5.74, 6) is -1.28. The van der Waals surface area contributed by atoms with Crippen LogP contribution in [0.2, 0.25) is 0 Å². The Labute approximate surface area is 80.3 Å². The highest BCUT2D eigenvalue weighted by atomic mass is 32.2. The van der Waals surface area contributed by atoms with Crippen molar-refractivity contribution in [2.45, 2.75) is 24.0 Å². The van der Waals surface area contributed by atoms with Crippen LogP contribution >= 0.6 is 11.8 Å². The molecule has 0 spiro atoms. The number of hydrogen-bond acceptors (Lipinski definition) is 2. The van der Waals surface area contributed by atoms with Gasteiger partial charge in [-0.15, -0.1) is 11.8 Å². The molecule has 0 aliphatic heterocycles. The number of nitrogen functional groups attached to an aromatic ring is 1. The van der Waals surface area contributed by atoms with Crippen LogP contribution in [-0.4, -0.2) is 5.25 Å². The first kappa shape index (κ1) is 10.3. The summed E-state index contributed by atoms with van der Waals surface area (Å²) in [6.45, 7) is 3.87. The Balaban J connectivity index is 3.05. The van der Waals surface area contributed by atoms with Crippen molar-refractivity contribution < 1.29 is 8.78 Å². The van der Waals surface area contributed by atoms with Crippen molar-refractivity contribution in [2.75, 3.05) is 5.73 Å². The molecule has 0 aliphatic rings. The van der Waals surface area contributed by atoms with E-state index in [1.165, 1.54) is 17.8 Å². The highest BCUT2D eigenvalue weighted by Gasteiger charge is 2.09. The summed E-state index contributed by atoms with van der Waals surface area (Å²) >= 11 is 1.35. The molecule has 0 bridgehead atoms. The number of rotatable bonds is 2. The Morgan fingerprint density at radius 3 is 2.46 bits per heavy atom. The molecule has 2 N–H and O–H groups in total. The molecule has 0 unspecified atom stereocenters. The molecule has 0 fully saturated rings. The van der Waals surface area contributed by atoms with Crippen molar-refractivity contribution in [1.29, 1.82) is 0 Å². The minimum Gasteiger partial charge on any atom is -0.395 e. The van der Waals surface area contributed by atoms with Gasteiger partial charge in [0, 0.05) is 16.2 Å². The van der Waals surface area contributed by atoms with Gasteiger partial charge in [-0.3, -0.25) is 0 Å². The number of benzene rings is 1. The van der Waals surface area contributed by atoms with E-state index in [0.717, 1.165) is 6.07 Å². The Morgan fingerprint density at radius 2 is 1.92 bits per heavy atom. The summed E-state index contributed by atoms with van der Waals surface area (Å²) in [5, 5.41) is 0.253. The molecule has 13 heavy (non-hydrogen) atoms. The highest BCUT2D eigenvalue weighted by Crippen LogP contribution is 2.30. The SMILES string of the molecule is CC(C)Sc1cc(F)cc(F)c1N. The molecule has 1 aromatic rings. The molecular formula is C9H11F2NS. The number of anilines is 1. The van der Waals surface area contributed by atoms with Crippen LogP contribution < -0.4 is 5.73 Å². The van der Waals surface area contributed by atoms with Crippen molar-refractivity contribution in [3.05, 3.63) is 23.8 Å². The van der Waals surface area contributed by atoms with E-state index in [2.05, 4.69) is 0 Å². The zero-order valence-electron chi connectivity index (χ0n) is 7.47. The normalized spacial score (nSPS) is 10.8. The fourth-order valence-corrected chi connectivity index (χ4v) is 1.83. The average Bonchev–Trinajstić information content (AvgIpc) is 1.98. The molecule has 0 heterocycles. The smallest absolute Gasteiger partial charge is 0.150 e. The Bertz CT molecular complexity index is 313. The Hall–Kier alpha value is -0.770. The maximum atomic E-state index is 12.9. The molecule has 1 nitrogen and oxygen atoms in total. The van der Waals surface area contributed by atoms with E-state index in [9.17, 15) is 8.78 Å². The van der Waals surface area contributed by atoms with Crippen LogP contribution in [0.15, 0.2) is 17.0 Å². The molecule has 0 saturated carbocycles. The molecule has 0 aromatic heterocycles. The van der Waals surface area contributed by atoms with Crippen LogP contribution in [0.5, 0.6) is 0 Å². The first-order valence-electron chi connectivity index (χ1n) is 3.92.